The molecule has 1 heterocycles. The van der Waals surface area contributed by atoms with Crippen LogP contribution >= 0.6 is 0 Å². The standard InChI is InChI=1S/C12H24N2/c1-9-5-3-6-11(9)14-12-7-4-8-13-10(12)2/h9-14H,3-8H2,1-2H3. The highest BCUT2D eigenvalue weighted by atomic mass is 15.1. The zero-order valence-electron chi connectivity index (χ0n) is 9.55. The van der Waals surface area contributed by atoms with Crippen molar-refractivity contribution in [3.05, 3.63) is 0 Å². The van der Waals surface area contributed by atoms with Crippen LogP contribution in [0, 0.1) is 5.92 Å². The summed E-state index contributed by atoms with van der Waals surface area (Å²) in [5.74, 6) is 0.893. The summed E-state index contributed by atoms with van der Waals surface area (Å²) >= 11 is 0. The lowest BCUT2D eigenvalue weighted by Gasteiger charge is -2.34. The Morgan fingerprint density at radius 1 is 1.00 bits per heavy atom. The van der Waals surface area contributed by atoms with Gasteiger partial charge in [-0.2, -0.15) is 0 Å². The van der Waals surface area contributed by atoms with Gasteiger partial charge in [0.15, 0.2) is 0 Å². The van der Waals surface area contributed by atoms with Crippen LogP contribution in [0.2, 0.25) is 0 Å². The molecule has 14 heavy (non-hydrogen) atoms. The third kappa shape index (κ3) is 2.29. The van der Waals surface area contributed by atoms with Crippen molar-refractivity contribution in [2.24, 2.45) is 5.92 Å². The van der Waals surface area contributed by atoms with E-state index >= 15 is 0 Å². The van der Waals surface area contributed by atoms with Gasteiger partial charge in [0.05, 0.1) is 0 Å². The topological polar surface area (TPSA) is 24.1 Å². The van der Waals surface area contributed by atoms with Crippen molar-refractivity contribution < 1.29 is 0 Å². The van der Waals surface area contributed by atoms with E-state index in [-0.39, 0.29) is 0 Å². The molecule has 2 heteroatoms. The fraction of sp³-hybridized carbons (Fsp3) is 1.00. The molecule has 0 spiro atoms. The van der Waals surface area contributed by atoms with Crippen molar-refractivity contribution in [3.8, 4) is 0 Å². The van der Waals surface area contributed by atoms with Gasteiger partial charge < -0.3 is 10.6 Å². The highest BCUT2D eigenvalue weighted by Gasteiger charge is 2.28. The van der Waals surface area contributed by atoms with Crippen LogP contribution in [0.25, 0.3) is 0 Å². The van der Waals surface area contributed by atoms with Gasteiger partial charge in [-0.05, 0) is 45.1 Å². The van der Waals surface area contributed by atoms with Crippen molar-refractivity contribution >= 4 is 0 Å². The van der Waals surface area contributed by atoms with Gasteiger partial charge in [-0.25, -0.2) is 0 Å². The molecule has 1 saturated carbocycles. The van der Waals surface area contributed by atoms with E-state index in [9.17, 15) is 0 Å². The monoisotopic (exact) mass is 196 g/mol. The highest BCUT2D eigenvalue weighted by molar-refractivity contribution is 4.89. The predicted molar refractivity (Wildman–Crippen MR) is 60.4 cm³/mol. The minimum atomic E-state index is 0.663. The summed E-state index contributed by atoms with van der Waals surface area (Å²) in [6.45, 7) is 5.92. The molecular formula is C12H24N2. The number of hydrogen-bond donors (Lipinski definition) is 2. The van der Waals surface area contributed by atoms with E-state index in [1.54, 1.807) is 0 Å². The van der Waals surface area contributed by atoms with Crippen LogP contribution in [0.15, 0.2) is 0 Å². The molecule has 0 aromatic rings. The van der Waals surface area contributed by atoms with Crippen LogP contribution < -0.4 is 10.6 Å². The summed E-state index contributed by atoms with van der Waals surface area (Å²) in [6, 6.07) is 2.17. The first kappa shape index (κ1) is 10.4. The van der Waals surface area contributed by atoms with Crippen LogP contribution in [-0.2, 0) is 0 Å². The maximum atomic E-state index is 3.85. The molecule has 0 amide bonds. The molecule has 0 bridgehead atoms. The summed E-state index contributed by atoms with van der Waals surface area (Å²) in [5, 5.41) is 7.41. The number of nitrogens with one attached hydrogen (secondary N) is 2. The van der Waals surface area contributed by atoms with E-state index in [4.69, 9.17) is 0 Å². The second kappa shape index (κ2) is 4.63. The lowest BCUT2D eigenvalue weighted by molar-refractivity contribution is 0.272. The summed E-state index contributed by atoms with van der Waals surface area (Å²) in [6.07, 6.45) is 6.93. The Labute approximate surface area is 87.8 Å². The van der Waals surface area contributed by atoms with Gasteiger partial charge >= 0.3 is 0 Å². The van der Waals surface area contributed by atoms with E-state index < -0.39 is 0 Å². The van der Waals surface area contributed by atoms with E-state index in [0.717, 1.165) is 12.0 Å². The number of rotatable bonds is 2. The molecule has 2 N–H and O–H groups in total. The molecule has 1 saturated heterocycles. The maximum Gasteiger partial charge on any atom is 0.0221 e. The van der Waals surface area contributed by atoms with E-state index in [1.807, 2.05) is 0 Å². The molecule has 0 radical (unpaired) electrons. The molecule has 2 nitrogen and oxygen atoms in total. The molecule has 4 unspecified atom stereocenters. The van der Waals surface area contributed by atoms with Crippen LogP contribution in [0.4, 0.5) is 0 Å². The first-order valence-electron chi connectivity index (χ1n) is 6.27. The fourth-order valence-corrected chi connectivity index (χ4v) is 2.94. The quantitative estimate of drug-likeness (QED) is 0.705. The zero-order valence-corrected chi connectivity index (χ0v) is 9.55. The summed E-state index contributed by atoms with van der Waals surface area (Å²) < 4.78 is 0. The molecule has 1 aliphatic heterocycles. The maximum absolute atomic E-state index is 3.85. The molecule has 2 rings (SSSR count). The van der Waals surface area contributed by atoms with E-state index in [1.165, 1.54) is 38.6 Å². The third-order valence-electron chi connectivity index (χ3n) is 4.05. The fourth-order valence-electron chi connectivity index (χ4n) is 2.94. The van der Waals surface area contributed by atoms with Gasteiger partial charge in [-0.15, -0.1) is 0 Å². The minimum Gasteiger partial charge on any atom is -0.313 e. The van der Waals surface area contributed by atoms with Crippen molar-refractivity contribution in [2.45, 2.75) is 64.1 Å². The predicted octanol–water partition coefficient (Wildman–Crippen LogP) is 1.91. The Balaban J connectivity index is 1.83. The Kier molecular flexibility index (Phi) is 3.45. The van der Waals surface area contributed by atoms with Crippen LogP contribution in [-0.4, -0.2) is 24.7 Å². The molecule has 0 aromatic heterocycles. The summed E-state index contributed by atoms with van der Waals surface area (Å²) in [7, 11) is 0. The average Bonchev–Trinajstić information content (AvgIpc) is 2.56. The molecular weight excluding hydrogens is 172 g/mol. The second-order valence-electron chi connectivity index (χ2n) is 5.17. The third-order valence-corrected chi connectivity index (χ3v) is 4.05. The van der Waals surface area contributed by atoms with Crippen LogP contribution in [0.5, 0.6) is 0 Å². The van der Waals surface area contributed by atoms with Gasteiger partial charge in [0.1, 0.15) is 0 Å². The van der Waals surface area contributed by atoms with Crippen LogP contribution in [0.3, 0.4) is 0 Å². The Bertz CT molecular complexity index is 181. The van der Waals surface area contributed by atoms with Crippen molar-refractivity contribution in [1.82, 2.24) is 10.6 Å². The largest absolute Gasteiger partial charge is 0.313 e. The first-order chi connectivity index (χ1) is 6.77. The Hall–Kier alpha value is -0.0800. The van der Waals surface area contributed by atoms with E-state index in [0.29, 0.717) is 12.1 Å². The van der Waals surface area contributed by atoms with Crippen LogP contribution in [0.1, 0.15) is 46.0 Å². The Morgan fingerprint density at radius 3 is 2.43 bits per heavy atom. The summed E-state index contributed by atoms with van der Waals surface area (Å²) in [4.78, 5) is 0. The van der Waals surface area contributed by atoms with Crippen molar-refractivity contribution in [3.63, 3.8) is 0 Å². The van der Waals surface area contributed by atoms with Gasteiger partial charge in [0, 0.05) is 18.1 Å². The highest BCUT2D eigenvalue weighted by Crippen LogP contribution is 2.26. The number of piperidine rings is 1. The van der Waals surface area contributed by atoms with Gasteiger partial charge in [-0.3, -0.25) is 0 Å². The molecule has 0 aromatic carbocycles. The molecule has 4 atom stereocenters. The second-order valence-corrected chi connectivity index (χ2v) is 5.17. The lowest BCUT2D eigenvalue weighted by Crippen LogP contribution is -2.53. The number of hydrogen-bond acceptors (Lipinski definition) is 2. The Morgan fingerprint density at radius 2 is 1.79 bits per heavy atom. The summed E-state index contributed by atoms with van der Waals surface area (Å²) in [5.41, 5.74) is 0. The molecule has 2 aliphatic rings. The van der Waals surface area contributed by atoms with Gasteiger partial charge in [0.25, 0.3) is 0 Å². The molecule has 1 aliphatic carbocycles. The average molecular weight is 196 g/mol. The zero-order chi connectivity index (χ0) is 9.97. The molecule has 82 valence electrons. The first-order valence-corrected chi connectivity index (χ1v) is 6.27. The minimum absolute atomic E-state index is 0.663. The normalized spacial score (nSPS) is 44.1. The smallest absolute Gasteiger partial charge is 0.0221 e. The van der Waals surface area contributed by atoms with Gasteiger partial charge in [-0.1, -0.05) is 13.3 Å². The van der Waals surface area contributed by atoms with Gasteiger partial charge in [0.2, 0.25) is 0 Å². The SMILES string of the molecule is CC1CCCC1NC1CCCNC1C. The van der Waals surface area contributed by atoms with Crippen molar-refractivity contribution in [2.75, 3.05) is 6.54 Å². The van der Waals surface area contributed by atoms with Crippen molar-refractivity contribution in [1.29, 1.82) is 0 Å². The van der Waals surface area contributed by atoms with E-state index in [2.05, 4.69) is 24.5 Å². The molecule has 2 fully saturated rings. The lowest BCUT2D eigenvalue weighted by atomic mass is 9.97.